The smallest absolute Gasteiger partial charge is 0.147 e. The van der Waals surface area contributed by atoms with Gasteiger partial charge in [0.15, 0.2) is 0 Å². The predicted octanol–water partition coefficient (Wildman–Crippen LogP) is 0.941. The molecule has 2 unspecified atom stereocenters. The van der Waals surface area contributed by atoms with Gasteiger partial charge in [-0.05, 0) is 38.6 Å². The summed E-state index contributed by atoms with van der Waals surface area (Å²) in [5.41, 5.74) is 0. The van der Waals surface area contributed by atoms with Gasteiger partial charge in [-0.15, -0.1) is 10.2 Å². The summed E-state index contributed by atoms with van der Waals surface area (Å²) in [4.78, 5) is 2.65. The van der Waals surface area contributed by atoms with Gasteiger partial charge < -0.3 is 9.88 Å². The third-order valence-electron chi connectivity index (χ3n) is 5.06. The van der Waals surface area contributed by atoms with Crippen molar-refractivity contribution >= 4 is 0 Å². The van der Waals surface area contributed by atoms with E-state index in [0.717, 1.165) is 31.4 Å². The number of hydrogen-bond acceptors (Lipinski definition) is 4. The average molecular weight is 261 g/mol. The van der Waals surface area contributed by atoms with E-state index in [0.29, 0.717) is 6.04 Å². The van der Waals surface area contributed by atoms with Crippen LogP contribution in [0.25, 0.3) is 0 Å². The molecule has 104 valence electrons. The molecule has 2 atom stereocenters. The van der Waals surface area contributed by atoms with Crippen molar-refractivity contribution in [2.24, 2.45) is 0 Å². The van der Waals surface area contributed by atoms with E-state index in [-0.39, 0.29) is 0 Å². The predicted molar refractivity (Wildman–Crippen MR) is 72.8 cm³/mol. The molecule has 0 amide bonds. The fourth-order valence-electron chi connectivity index (χ4n) is 4.04. The minimum absolute atomic E-state index is 0.666. The first-order chi connectivity index (χ1) is 9.42. The molecule has 2 fully saturated rings. The van der Waals surface area contributed by atoms with Crippen LogP contribution in [0.1, 0.15) is 43.8 Å². The van der Waals surface area contributed by atoms with Crippen molar-refractivity contribution in [3.8, 4) is 0 Å². The van der Waals surface area contributed by atoms with Crippen LogP contribution in [0.4, 0.5) is 0 Å². The first-order valence-electron chi connectivity index (χ1n) is 7.80. The Morgan fingerprint density at radius 1 is 1.05 bits per heavy atom. The molecule has 3 aliphatic heterocycles. The molecule has 1 N–H and O–H groups in total. The maximum atomic E-state index is 4.38. The lowest BCUT2D eigenvalue weighted by Crippen LogP contribution is -2.39. The number of aromatic nitrogens is 3. The molecule has 1 aromatic rings. The van der Waals surface area contributed by atoms with E-state index in [4.69, 9.17) is 0 Å². The number of rotatable bonds is 3. The molecular weight excluding hydrogens is 238 g/mol. The van der Waals surface area contributed by atoms with Crippen molar-refractivity contribution in [2.75, 3.05) is 13.1 Å². The number of nitrogens with one attached hydrogen (secondary N) is 1. The van der Waals surface area contributed by atoms with Crippen molar-refractivity contribution in [1.82, 2.24) is 25.0 Å². The van der Waals surface area contributed by atoms with E-state index in [1.807, 2.05) is 0 Å². The molecule has 0 bridgehead atoms. The van der Waals surface area contributed by atoms with Crippen LogP contribution in [0.3, 0.4) is 0 Å². The second-order valence-electron chi connectivity index (χ2n) is 6.16. The molecule has 2 saturated heterocycles. The second kappa shape index (κ2) is 4.87. The highest BCUT2D eigenvalue weighted by atomic mass is 15.3. The molecule has 1 aromatic heterocycles. The fourth-order valence-corrected chi connectivity index (χ4v) is 4.04. The van der Waals surface area contributed by atoms with Gasteiger partial charge in [-0.25, -0.2) is 0 Å². The summed E-state index contributed by atoms with van der Waals surface area (Å²) in [5, 5.41) is 12.5. The number of aryl methyl sites for hydroxylation is 1. The van der Waals surface area contributed by atoms with Crippen molar-refractivity contribution in [1.29, 1.82) is 0 Å². The zero-order chi connectivity index (χ0) is 12.7. The van der Waals surface area contributed by atoms with Crippen LogP contribution in [-0.4, -0.2) is 44.8 Å². The SMILES string of the molecule is C1CCn2c(nnc2CNC2CCN3CCCC23)C1. The molecule has 0 saturated carbocycles. The van der Waals surface area contributed by atoms with Crippen molar-refractivity contribution in [3.05, 3.63) is 11.6 Å². The lowest BCUT2D eigenvalue weighted by molar-refractivity contribution is 0.297. The molecule has 0 spiro atoms. The summed E-state index contributed by atoms with van der Waals surface area (Å²) < 4.78 is 2.33. The Hall–Kier alpha value is -0.940. The molecule has 0 aliphatic carbocycles. The van der Waals surface area contributed by atoms with Gasteiger partial charge in [0.2, 0.25) is 0 Å². The summed E-state index contributed by atoms with van der Waals surface area (Å²) in [6.45, 7) is 4.59. The van der Waals surface area contributed by atoms with Gasteiger partial charge in [0.1, 0.15) is 11.6 Å². The minimum atomic E-state index is 0.666. The Morgan fingerprint density at radius 3 is 3.05 bits per heavy atom. The first kappa shape index (κ1) is 11.9. The normalized spacial score (nSPS) is 30.5. The van der Waals surface area contributed by atoms with E-state index < -0.39 is 0 Å². The molecule has 5 heteroatoms. The maximum absolute atomic E-state index is 4.38. The van der Waals surface area contributed by atoms with Crippen LogP contribution in [0, 0.1) is 0 Å². The van der Waals surface area contributed by atoms with Crippen molar-refractivity contribution in [2.45, 2.75) is 63.7 Å². The van der Waals surface area contributed by atoms with Gasteiger partial charge in [-0.1, -0.05) is 0 Å². The molecule has 4 heterocycles. The molecule has 0 radical (unpaired) electrons. The van der Waals surface area contributed by atoms with E-state index in [9.17, 15) is 0 Å². The van der Waals surface area contributed by atoms with Gasteiger partial charge >= 0.3 is 0 Å². The molecule has 4 rings (SSSR count). The third kappa shape index (κ3) is 2.09. The summed E-state index contributed by atoms with van der Waals surface area (Å²) in [5.74, 6) is 2.34. The highest BCUT2D eigenvalue weighted by molar-refractivity contribution is 5.01. The zero-order valence-corrected chi connectivity index (χ0v) is 11.5. The average Bonchev–Trinajstić information content (AvgIpc) is 3.12. The second-order valence-corrected chi connectivity index (χ2v) is 6.16. The van der Waals surface area contributed by atoms with Crippen LogP contribution in [-0.2, 0) is 19.5 Å². The van der Waals surface area contributed by atoms with Crippen molar-refractivity contribution in [3.63, 3.8) is 0 Å². The van der Waals surface area contributed by atoms with Crippen LogP contribution in [0.2, 0.25) is 0 Å². The van der Waals surface area contributed by atoms with Gasteiger partial charge in [0, 0.05) is 31.6 Å². The fraction of sp³-hybridized carbons (Fsp3) is 0.857. The van der Waals surface area contributed by atoms with Gasteiger partial charge in [-0.3, -0.25) is 4.90 Å². The topological polar surface area (TPSA) is 46.0 Å². The Balaban J connectivity index is 1.41. The monoisotopic (exact) mass is 261 g/mol. The van der Waals surface area contributed by atoms with Gasteiger partial charge in [0.25, 0.3) is 0 Å². The Kier molecular flexibility index (Phi) is 3.04. The van der Waals surface area contributed by atoms with E-state index in [1.165, 1.54) is 51.0 Å². The summed E-state index contributed by atoms with van der Waals surface area (Å²) >= 11 is 0. The maximum Gasteiger partial charge on any atom is 0.147 e. The number of fused-ring (bicyclic) bond motifs is 2. The van der Waals surface area contributed by atoms with Crippen molar-refractivity contribution < 1.29 is 0 Å². The minimum Gasteiger partial charge on any atom is -0.314 e. The van der Waals surface area contributed by atoms with E-state index >= 15 is 0 Å². The Bertz CT molecular complexity index is 455. The molecule has 0 aromatic carbocycles. The van der Waals surface area contributed by atoms with E-state index in [2.05, 4.69) is 25.0 Å². The number of hydrogen-bond donors (Lipinski definition) is 1. The van der Waals surface area contributed by atoms with Crippen LogP contribution >= 0.6 is 0 Å². The molecule has 19 heavy (non-hydrogen) atoms. The highest BCUT2D eigenvalue weighted by Crippen LogP contribution is 2.28. The Labute approximate surface area is 114 Å². The largest absolute Gasteiger partial charge is 0.314 e. The van der Waals surface area contributed by atoms with Gasteiger partial charge in [0.05, 0.1) is 6.54 Å². The first-order valence-corrected chi connectivity index (χ1v) is 7.80. The van der Waals surface area contributed by atoms with Gasteiger partial charge in [-0.2, -0.15) is 0 Å². The lowest BCUT2D eigenvalue weighted by atomic mass is 10.1. The standard InChI is InChI=1S/C14H23N5/c1-2-8-19-13(5-1)16-17-14(19)10-15-11-6-9-18-7-3-4-12(11)18/h11-12,15H,1-10H2. The highest BCUT2D eigenvalue weighted by Gasteiger charge is 2.36. The quantitative estimate of drug-likeness (QED) is 0.879. The lowest BCUT2D eigenvalue weighted by Gasteiger charge is -2.21. The van der Waals surface area contributed by atoms with Crippen LogP contribution < -0.4 is 5.32 Å². The summed E-state index contributed by atoms with van der Waals surface area (Å²) in [6.07, 6.45) is 7.69. The Morgan fingerprint density at radius 2 is 2.05 bits per heavy atom. The third-order valence-corrected chi connectivity index (χ3v) is 5.06. The molecule has 3 aliphatic rings. The number of nitrogens with zero attached hydrogens (tertiary/aromatic N) is 4. The summed E-state index contributed by atoms with van der Waals surface area (Å²) in [7, 11) is 0. The summed E-state index contributed by atoms with van der Waals surface area (Å²) in [6, 6.07) is 1.45. The zero-order valence-electron chi connectivity index (χ0n) is 11.5. The molecule has 5 nitrogen and oxygen atoms in total. The van der Waals surface area contributed by atoms with Crippen LogP contribution in [0.15, 0.2) is 0 Å². The van der Waals surface area contributed by atoms with E-state index in [1.54, 1.807) is 0 Å². The molecular formula is C14H23N5. The van der Waals surface area contributed by atoms with Crippen LogP contribution in [0.5, 0.6) is 0 Å².